The Morgan fingerprint density at radius 1 is 1.12 bits per heavy atom. The summed E-state index contributed by atoms with van der Waals surface area (Å²) in [6.07, 6.45) is -1.87. The number of ketones is 2. The third kappa shape index (κ3) is 2.61. The molecule has 33 heavy (non-hydrogen) atoms. The van der Waals surface area contributed by atoms with Crippen molar-refractivity contribution < 1.29 is 45.0 Å². The number of rotatable bonds is 2. The van der Waals surface area contributed by atoms with Crippen LogP contribution in [0.1, 0.15) is 18.1 Å². The number of carbonyl (C=O) groups is 3. The molecule has 1 aromatic rings. The van der Waals surface area contributed by atoms with Crippen LogP contribution in [0.25, 0.3) is 5.76 Å². The van der Waals surface area contributed by atoms with Crippen molar-refractivity contribution in [3.8, 4) is 5.75 Å². The maximum absolute atomic E-state index is 13.7. The molecule has 0 saturated heterocycles. The van der Waals surface area contributed by atoms with Crippen LogP contribution in [0.4, 0.5) is 0 Å². The first-order valence-corrected chi connectivity index (χ1v) is 10.1. The first-order valence-electron chi connectivity index (χ1n) is 10.1. The van der Waals surface area contributed by atoms with Gasteiger partial charge in [0.25, 0.3) is 5.91 Å². The second-order valence-corrected chi connectivity index (χ2v) is 9.06. The van der Waals surface area contributed by atoms with Crippen molar-refractivity contribution in [1.29, 1.82) is 0 Å². The second-order valence-electron chi connectivity index (χ2n) is 9.06. The van der Waals surface area contributed by atoms with Gasteiger partial charge in [-0.1, -0.05) is 12.1 Å². The van der Waals surface area contributed by atoms with Crippen LogP contribution < -0.4 is 5.73 Å². The summed E-state index contributed by atoms with van der Waals surface area (Å²) in [5.41, 5.74) is -1.78. The standard InChI is InChI=1S/C22H24N2O9/c1-21(32)7-5-4-6-8(25)9(7)15(26)10-12(21)17(28)13-14(24(2)3)16(27)11(20(23)31)19(30)22(13,33)18(10)29/h4-6,12-14,17,25-26,28,30,32-33H,1-3H3,(H2,23,31)/t12?,13?,14-,17?,21+,22-/m0/s1. The van der Waals surface area contributed by atoms with Gasteiger partial charge >= 0.3 is 0 Å². The number of fused-ring (bicyclic) bond motifs is 3. The van der Waals surface area contributed by atoms with Crippen molar-refractivity contribution in [2.24, 2.45) is 17.6 Å². The van der Waals surface area contributed by atoms with Gasteiger partial charge in [-0.2, -0.15) is 0 Å². The zero-order chi connectivity index (χ0) is 24.8. The lowest BCUT2D eigenvalue weighted by Gasteiger charge is -2.55. The fourth-order valence-electron chi connectivity index (χ4n) is 5.60. The molecule has 11 heteroatoms. The summed E-state index contributed by atoms with van der Waals surface area (Å²) in [5, 5.41) is 66.3. The quantitative estimate of drug-likeness (QED) is 0.257. The van der Waals surface area contributed by atoms with E-state index in [9.17, 15) is 45.0 Å². The van der Waals surface area contributed by atoms with Crippen LogP contribution >= 0.6 is 0 Å². The highest BCUT2D eigenvalue weighted by Gasteiger charge is 2.70. The number of nitrogens with zero attached hydrogens (tertiary/aromatic N) is 1. The van der Waals surface area contributed by atoms with Gasteiger partial charge in [0.15, 0.2) is 11.4 Å². The highest BCUT2D eigenvalue weighted by molar-refractivity contribution is 6.24. The van der Waals surface area contributed by atoms with Gasteiger partial charge in [0, 0.05) is 0 Å². The van der Waals surface area contributed by atoms with Crippen LogP contribution in [0.3, 0.4) is 0 Å². The van der Waals surface area contributed by atoms with Crippen LogP contribution in [0.2, 0.25) is 0 Å². The summed E-state index contributed by atoms with van der Waals surface area (Å²) in [4.78, 5) is 39.9. The molecular formula is C22H24N2O9. The molecule has 3 unspecified atom stereocenters. The largest absolute Gasteiger partial charge is 0.508 e. The first-order chi connectivity index (χ1) is 15.2. The number of hydrogen-bond acceptors (Lipinski definition) is 10. The van der Waals surface area contributed by atoms with E-state index in [0.717, 1.165) is 0 Å². The number of phenols is 1. The molecule has 176 valence electrons. The smallest absolute Gasteiger partial charge is 0.255 e. The molecule has 3 aliphatic carbocycles. The normalized spacial score (nSPS) is 36.0. The number of carbonyl (C=O) groups excluding carboxylic acids is 3. The minimum absolute atomic E-state index is 0.00664. The number of Topliss-reactive ketones (excluding diaryl/α,β-unsaturated/α-hetero) is 2. The summed E-state index contributed by atoms with van der Waals surface area (Å²) in [6.45, 7) is 1.25. The van der Waals surface area contributed by atoms with Crippen molar-refractivity contribution in [3.63, 3.8) is 0 Å². The molecule has 4 rings (SSSR count). The Kier molecular flexibility index (Phi) is 4.78. The molecular weight excluding hydrogens is 436 g/mol. The van der Waals surface area contributed by atoms with Gasteiger partial charge in [0.2, 0.25) is 5.78 Å². The van der Waals surface area contributed by atoms with E-state index in [0.29, 0.717) is 0 Å². The molecule has 0 aromatic heterocycles. The number of aromatic hydroxyl groups is 1. The molecule has 0 heterocycles. The average Bonchev–Trinajstić information content (AvgIpc) is 2.70. The van der Waals surface area contributed by atoms with E-state index < -0.39 is 81.1 Å². The Hall–Kier alpha value is -3.25. The third-order valence-electron chi connectivity index (χ3n) is 7.03. The molecule has 1 fully saturated rings. The number of aliphatic hydroxyl groups is 5. The summed E-state index contributed by atoms with van der Waals surface area (Å²) in [5.74, 6) is -9.67. The maximum Gasteiger partial charge on any atom is 0.255 e. The lowest BCUT2D eigenvalue weighted by Crippen LogP contribution is -2.71. The van der Waals surface area contributed by atoms with E-state index in [2.05, 4.69) is 0 Å². The van der Waals surface area contributed by atoms with Gasteiger partial charge in [-0.15, -0.1) is 0 Å². The van der Waals surface area contributed by atoms with Crippen LogP contribution in [0.5, 0.6) is 5.75 Å². The number of aliphatic hydroxyl groups excluding tert-OH is 3. The SMILES string of the molecule is CN(C)[C@@H]1C(=O)C(C(N)=O)=C(O)[C@@]2(O)C(=O)C3=C(O)c4c(O)cccc4[C@@](C)(O)C3C(O)C12. The lowest BCUT2D eigenvalue weighted by atomic mass is 9.53. The lowest BCUT2D eigenvalue weighted by molar-refractivity contribution is -0.181. The van der Waals surface area contributed by atoms with Crippen LogP contribution in [-0.2, 0) is 20.0 Å². The van der Waals surface area contributed by atoms with Crippen LogP contribution in [0.15, 0.2) is 35.1 Å². The Morgan fingerprint density at radius 2 is 1.73 bits per heavy atom. The highest BCUT2D eigenvalue weighted by atomic mass is 16.4. The number of benzene rings is 1. The zero-order valence-corrected chi connectivity index (χ0v) is 18.0. The van der Waals surface area contributed by atoms with Crippen molar-refractivity contribution in [2.75, 3.05) is 14.1 Å². The summed E-state index contributed by atoms with van der Waals surface area (Å²) in [7, 11) is 2.80. The van der Waals surface area contributed by atoms with Gasteiger partial charge in [-0.25, -0.2) is 0 Å². The monoisotopic (exact) mass is 460 g/mol. The Bertz CT molecular complexity index is 1180. The van der Waals surface area contributed by atoms with Crippen LogP contribution in [0, 0.1) is 11.8 Å². The van der Waals surface area contributed by atoms with Gasteiger partial charge in [-0.05, 0) is 32.6 Å². The third-order valence-corrected chi connectivity index (χ3v) is 7.03. The summed E-state index contributed by atoms with van der Waals surface area (Å²) in [6, 6.07) is 2.50. The molecule has 1 amide bonds. The van der Waals surface area contributed by atoms with Gasteiger partial charge < -0.3 is 36.4 Å². The Balaban J connectivity index is 2.11. The number of nitrogens with two attached hydrogens (primary N) is 1. The molecule has 0 spiro atoms. The van der Waals surface area contributed by atoms with Crippen molar-refractivity contribution in [2.45, 2.75) is 30.3 Å². The molecule has 3 aliphatic rings. The molecule has 0 bridgehead atoms. The average molecular weight is 460 g/mol. The fourth-order valence-corrected chi connectivity index (χ4v) is 5.60. The van der Waals surface area contributed by atoms with E-state index in [1.807, 2.05) is 0 Å². The van der Waals surface area contributed by atoms with Crippen molar-refractivity contribution in [1.82, 2.24) is 4.90 Å². The topological polar surface area (TPSA) is 202 Å². The number of phenolic OH excluding ortho intramolecular Hbond substituents is 1. The molecule has 0 aliphatic heterocycles. The molecule has 0 radical (unpaired) electrons. The van der Waals surface area contributed by atoms with E-state index in [1.54, 1.807) is 0 Å². The number of likely N-dealkylation sites (N-methyl/N-ethyl adjacent to an activating group) is 1. The number of amides is 1. The number of hydrogen-bond donors (Lipinski definition) is 7. The van der Waals surface area contributed by atoms with Gasteiger partial charge in [0.1, 0.15) is 22.8 Å². The molecule has 1 saturated carbocycles. The van der Waals surface area contributed by atoms with E-state index >= 15 is 0 Å². The Labute approximate surface area is 187 Å². The minimum atomic E-state index is -3.02. The van der Waals surface area contributed by atoms with Crippen molar-refractivity contribution >= 4 is 23.2 Å². The van der Waals surface area contributed by atoms with Gasteiger partial charge in [0.05, 0.1) is 40.7 Å². The predicted octanol–water partition coefficient (Wildman–Crippen LogP) is -1.40. The minimum Gasteiger partial charge on any atom is -0.508 e. The predicted molar refractivity (Wildman–Crippen MR) is 112 cm³/mol. The summed E-state index contributed by atoms with van der Waals surface area (Å²) >= 11 is 0. The number of primary amides is 1. The summed E-state index contributed by atoms with van der Waals surface area (Å²) < 4.78 is 0. The maximum atomic E-state index is 13.7. The fraction of sp³-hybridized carbons (Fsp3) is 0.409. The van der Waals surface area contributed by atoms with E-state index in [4.69, 9.17) is 5.73 Å². The van der Waals surface area contributed by atoms with Crippen LogP contribution in [-0.4, -0.2) is 84.9 Å². The molecule has 1 aromatic carbocycles. The van der Waals surface area contributed by atoms with E-state index in [-0.39, 0.29) is 11.1 Å². The first kappa shape index (κ1) is 22.9. The molecule has 8 N–H and O–H groups in total. The van der Waals surface area contributed by atoms with Crippen molar-refractivity contribution in [3.05, 3.63) is 46.2 Å². The van der Waals surface area contributed by atoms with Gasteiger partial charge in [-0.3, -0.25) is 19.3 Å². The highest BCUT2D eigenvalue weighted by Crippen LogP contribution is 2.57. The second kappa shape index (κ2) is 6.87. The Morgan fingerprint density at radius 3 is 2.27 bits per heavy atom. The molecule has 6 atom stereocenters. The molecule has 11 nitrogen and oxygen atoms in total. The van der Waals surface area contributed by atoms with E-state index in [1.165, 1.54) is 44.1 Å². The zero-order valence-electron chi connectivity index (χ0n) is 18.0.